The molecule has 1 heterocycles. The smallest absolute Gasteiger partial charge is 0.319 e. The minimum absolute atomic E-state index is 0.192. The van der Waals surface area contributed by atoms with Crippen molar-refractivity contribution >= 4 is 11.7 Å². The van der Waals surface area contributed by atoms with E-state index in [1.54, 1.807) is 12.1 Å². The first kappa shape index (κ1) is 15.5. The van der Waals surface area contributed by atoms with Crippen LogP contribution in [0.3, 0.4) is 0 Å². The number of nitrogens with one attached hydrogen (secondary N) is 2. The minimum Gasteiger partial charge on any atom is -0.337 e. The normalized spacial score (nSPS) is 14.1. The Bertz CT molecular complexity index is 689. The molecule has 0 atom stereocenters. The summed E-state index contributed by atoms with van der Waals surface area (Å²) in [5.74, 6) is -0.435. The highest BCUT2D eigenvalue weighted by Gasteiger charge is 2.15. The molecular weight excluding hydrogens is 293 g/mol. The number of hydrogen-bond acceptors (Lipinski definition) is 2. The molecular formula is C18H20FN3O. The summed E-state index contributed by atoms with van der Waals surface area (Å²) < 4.78 is 13.5. The lowest BCUT2D eigenvalue weighted by Gasteiger charge is -2.28. The second-order valence-electron chi connectivity index (χ2n) is 5.66. The molecule has 0 aliphatic carbocycles. The number of para-hydroxylation sites is 1. The number of carbonyl (C=O) groups is 1. The molecule has 0 unspecified atom stereocenters. The van der Waals surface area contributed by atoms with Gasteiger partial charge < -0.3 is 10.6 Å². The molecule has 0 saturated carbocycles. The molecule has 1 aliphatic heterocycles. The van der Waals surface area contributed by atoms with Gasteiger partial charge in [0.2, 0.25) is 0 Å². The summed E-state index contributed by atoms with van der Waals surface area (Å²) in [4.78, 5) is 14.1. The van der Waals surface area contributed by atoms with Crippen LogP contribution in [-0.2, 0) is 13.0 Å². The van der Waals surface area contributed by atoms with Crippen LogP contribution >= 0.6 is 0 Å². The predicted molar refractivity (Wildman–Crippen MR) is 88.8 cm³/mol. The SMILES string of the molecule is O=C(NCCN1CCc2ccccc2C1)Nc1ccccc1F. The maximum Gasteiger partial charge on any atom is 0.319 e. The summed E-state index contributed by atoms with van der Waals surface area (Å²) in [6, 6.07) is 14.2. The molecule has 3 rings (SSSR count). The van der Waals surface area contributed by atoms with E-state index in [0.29, 0.717) is 6.54 Å². The standard InChI is InChI=1S/C18H20FN3O/c19-16-7-3-4-8-17(16)21-18(23)20-10-12-22-11-9-14-5-1-2-6-15(14)13-22/h1-8H,9-13H2,(H2,20,21,23). The molecule has 0 fully saturated rings. The first-order chi connectivity index (χ1) is 11.2. The number of fused-ring (bicyclic) bond motifs is 1. The summed E-state index contributed by atoms with van der Waals surface area (Å²) in [5, 5.41) is 5.29. The lowest BCUT2D eigenvalue weighted by atomic mass is 10.00. The van der Waals surface area contributed by atoms with Gasteiger partial charge in [-0.05, 0) is 29.7 Å². The third kappa shape index (κ3) is 4.07. The van der Waals surface area contributed by atoms with E-state index in [2.05, 4.69) is 39.8 Å². The Morgan fingerprint density at radius 1 is 1.09 bits per heavy atom. The van der Waals surface area contributed by atoms with Gasteiger partial charge in [-0.15, -0.1) is 0 Å². The molecule has 5 heteroatoms. The third-order valence-electron chi connectivity index (χ3n) is 4.05. The number of hydrogen-bond donors (Lipinski definition) is 2. The molecule has 2 amide bonds. The van der Waals surface area contributed by atoms with Crippen molar-refractivity contribution in [2.75, 3.05) is 25.0 Å². The van der Waals surface area contributed by atoms with Gasteiger partial charge in [0.15, 0.2) is 0 Å². The van der Waals surface area contributed by atoms with Crippen LogP contribution in [0.1, 0.15) is 11.1 Å². The number of halogens is 1. The van der Waals surface area contributed by atoms with E-state index in [9.17, 15) is 9.18 Å². The highest BCUT2D eigenvalue weighted by atomic mass is 19.1. The second-order valence-corrected chi connectivity index (χ2v) is 5.66. The van der Waals surface area contributed by atoms with Crippen molar-refractivity contribution in [1.82, 2.24) is 10.2 Å². The fourth-order valence-electron chi connectivity index (χ4n) is 2.80. The lowest BCUT2D eigenvalue weighted by Crippen LogP contribution is -2.39. The van der Waals surface area contributed by atoms with E-state index in [0.717, 1.165) is 26.1 Å². The molecule has 0 radical (unpaired) electrons. The van der Waals surface area contributed by atoms with Gasteiger partial charge in [-0.1, -0.05) is 36.4 Å². The summed E-state index contributed by atoms with van der Waals surface area (Å²) in [7, 11) is 0. The summed E-state index contributed by atoms with van der Waals surface area (Å²) in [6.45, 7) is 3.21. The van der Waals surface area contributed by atoms with E-state index in [4.69, 9.17) is 0 Å². The first-order valence-corrected chi connectivity index (χ1v) is 7.81. The van der Waals surface area contributed by atoms with Gasteiger partial charge >= 0.3 is 6.03 Å². The molecule has 120 valence electrons. The fraction of sp³-hybridized carbons (Fsp3) is 0.278. The zero-order valence-corrected chi connectivity index (χ0v) is 12.9. The number of rotatable bonds is 4. The molecule has 0 aromatic heterocycles. The maximum absolute atomic E-state index is 13.5. The number of urea groups is 1. The Balaban J connectivity index is 1.43. The van der Waals surface area contributed by atoms with Crippen LogP contribution < -0.4 is 10.6 Å². The van der Waals surface area contributed by atoms with Gasteiger partial charge in [-0.3, -0.25) is 4.90 Å². The molecule has 23 heavy (non-hydrogen) atoms. The Kier molecular flexibility index (Phi) is 4.88. The minimum atomic E-state index is -0.435. The van der Waals surface area contributed by atoms with Gasteiger partial charge in [0.1, 0.15) is 5.82 Å². The van der Waals surface area contributed by atoms with Crippen LogP contribution in [0.5, 0.6) is 0 Å². The van der Waals surface area contributed by atoms with E-state index in [1.807, 2.05) is 0 Å². The van der Waals surface area contributed by atoms with Crippen molar-refractivity contribution in [3.8, 4) is 0 Å². The maximum atomic E-state index is 13.5. The number of benzene rings is 2. The van der Waals surface area contributed by atoms with Gasteiger partial charge in [0.25, 0.3) is 0 Å². The van der Waals surface area contributed by atoms with Crippen molar-refractivity contribution in [2.45, 2.75) is 13.0 Å². The topological polar surface area (TPSA) is 44.4 Å². The van der Waals surface area contributed by atoms with Crippen molar-refractivity contribution < 1.29 is 9.18 Å². The largest absolute Gasteiger partial charge is 0.337 e. The molecule has 0 spiro atoms. The number of anilines is 1. The average Bonchev–Trinajstić information content (AvgIpc) is 2.57. The molecule has 4 nitrogen and oxygen atoms in total. The van der Waals surface area contributed by atoms with Gasteiger partial charge in [-0.2, -0.15) is 0 Å². The van der Waals surface area contributed by atoms with Crippen LogP contribution in [0.25, 0.3) is 0 Å². The Morgan fingerprint density at radius 3 is 2.65 bits per heavy atom. The Morgan fingerprint density at radius 2 is 1.83 bits per heavy atom. The molecule has 2 aromatic carbocycles. The molecule has 2 N–H and O–H groups in total. The van der Waals surface area contributed by atoms with Crippen LogP contribution in [0.2, 0.25) is 0 Å². The second kappa shape index (κ2) is 7.24. The predicted octanol–water partition coefficient (Wildman–Crippen LogP) is 3.01. The fourth-order valence-corrected chi connectivity index (χ4v) is 2.80. The molecule has 0 bridgehead atoms. The van der Waals surface area contributed by atoms with Crippen molar-refractivity contribution in [3.63, 3.8) is 0 Å². The highest BCUT2D eigenvalue weighted by Crippen LogP contribution is 2.17. The van der Waals surface area contributed by atoms with E-state index in [-0.39, 0.29) is 11.7 Å². The lowest BCUT2D eigenvalue weighted by molar-refractivity contribution is 0.239. The highest BCUT2D eigenvalue weighted by molar-refractivity contribution is 5.89. The molecule has 1 aliphatic rings. The summed E-state index contributed by atoms with van der Waals surface area (Å²) in [5.41, 5.74) is 2.96. The van der Waals surface area contributed by atoms with Crippen LogP contribution in [0.15, 0.2) is 48.5 Å². The third-order valence-corrected chi connectivity index (χ3v) is 4.05. The Labute approximate surface area is 135 Å². The quantitative estimate of drug-likeness (QED) is 0.911. The van der Waals surface area contributed by atoms with Crippen LogP contribution in [-0.4, -0.2) is 30.6 Å². The number of amides is 2. The summed E-state index contributed by atoms with van der Waals surface area (Å²) in [6.07, 6.45) is 1.04. The molecule has 2 aromatic rings. The van der Waals surface area contributed by atoms with Gasteiger partial charge in [0.05, 0.1) is 5.69 Å². The zero-order valence-electron chi connectivity index (χ0n) is 12.9. The molecule has 0 saturated heterocycles. The van der Waals surface area contributed by atoms with E-state index >= 15 is 0 Å². The van der Waals surface area contributed by atoms with Crippen LogP contribution in [0, 0.1) is 5.82 Å². The Hall–Kier alpha value is -2.40. The van der Waals surface area contributed by atoms with E-state index in [1.165, 1.54) is 23.3 Å². The van der Waals surface area contributed by atoms with E-state index < -0.39 is 5.82 Å². The number of nitrogens with zero attached hydrogens (tertiary/aromatic N) is 1. The van der Waals surface area contributed by atoms with Crippen molar-refractivity contribution in [2.24, 2.45) is 0 Å². The zero-order chi connectivity index (χ0) is 16.1. The first-order valence-electron chi connectivity index (χ1n) is 7.81. The van der Waals surface area contributed by atoms with Crippen molar-refractivity contribution in [1.29, 1.82) is 0 Å². The van der Waals surface area contributed by atoms with Gasteiger partial charge in [0, 0.05) is 26.2 Å². The summed E-state index contributed by atoms with van der Waals surface area (Å²) >= 11 is 0. The monoisotopic (exact) mass is 313 g/mol. The average molecular weight is 313 g/mol. The van der Waals surface area contributed by atoms with Gasteiger partial charge in [-0.25, -0.2) is 9.18 Å². The van der Waals surface area contributed by atoms with Crippen molar-refractivity contribution in [3.05, 3.63) is 65.5 Å². The number of carbonyl (C=O) groups excluding carboxylic acids is 1. The van der Waals surface area contributed by atoms with Crippen LogP contribution in [0.4, 0.5) is 14.9 Å².